The first-order chi connectivity index (χ1) is 9.88. The molecule has 0 aliphatic rings. The Morgan fingerprint density at radius 3 is 2.29 bits per heavy atom. The lowest BCUT2D eigenvalue weighted by Gasteiger charge is -2.15. The van der Waals surface area contributed by atoms with Gasteiger partial charge in [-0.3, -0.25) is 4.79 Å². The van der Waals surface area contributed by atoms with Crippen LogP contribution in [0.15, 0.2) is 30.3 Å². The molecular formula is C17H23NO3. The van der Waals surface area contributed by atoms with Gasteiger partial charge in [-0.15, -0.1) is 0 Å². The summed E-state index contributed by atoms with van der Waals surface area (Å²) in [6.07, 6.45) is 4.61. The van der Waals surface area contributed by atoms with Gasteiger partial charge in [0.15, 0.2) is 0 Å². The fourth-order valence-electron chi connectivity index (χ4n) is 1.88. The van der Waals surface area contributed by atoms with E-state index in [2.05, 4.69) is 19.2 Å². The maximum Gasteiger partial charge on any atom is 0.328 e. The van der Waals surface area contributed by atoms with E-state index in [0.29, 0.717) is 11.5 Å². The van der Waals surface area contributed by atoms with E-state index in [9.17, 15) is 9.59 Å². The molecule has 0 fully saturated rings. The summed E-state index contributed by atoms with van der Waals surface area (Å²) >= 11 is 0. The van der Waals surface area contributed by atoms with Crippen LogP contribution in [0.25, 0.3) is 6.08 Å². The SMILES string of the molecule is CC(C)CCC(C)NC(=O)c1ccc(C=CC(=O)O)cc1. The van der Waals surface area contributed by atoms with Crippen LogP contribution in [0.4, 0.5) is 0 Å². The minimum Gasteiger partial charge on any atom is -0.478 e. The number of hydrogen-bond donors (Lipinski definition) is 2. The highest BCUT2D eigenvalue weighted by atomic mass is 16.4. The molecule has 4 nitrogen and oxygen atoms in total. The van der Waals surface area contributed by atoms with Crippen molar-refractivity contribution in [3.63, 3.8) is 0 Å². The van der Waals surface area contributed by atoms with Gasteiger partial charge in [-0.05, 0) is 49.5 Å². The Morgan fingerprint density at radius 1 is 1.14 bits per heavy atom. The van der Waals surface area contributed by atoms with Gasteiger partial charge in [0, 0.05) is 17.7 Å². The first-order valence-corrected chi connectivity index (χ1v) is 7.20. The van der Waals surface area contributed by atoms with Gasteiger partial charge in [-0.1, -0.05) is 26.0 Å². The second-order valence-corrected chi connectivity index (χ2v) is 5.64. The molecule has 0 bridgehead atoms. The van der Waals surface area contributed by atoms with Gasteiger partial charge in [-0.25, -0.2) is 4.79 Å². The Balaban J connectivity index is 2.57. The summed E-state index contributed by atoms with van der Waals surface area (Å²) in [5.74, 6) is -0.458. The predicted molar refractivity (Wildman–Crippen MR) is 84.1 cm³/mol. The van der Waals surface area contributed by atoms with Gasteiger partial charge in [0.1, 0.15) is 0 Å². The van der Waals surface area contributed by atoms with Crippen molar-refractivity contribution in [3.8, 4) is 0 Å². The van der Waals surface area contributed by atoms with E-state index in [4.69, 9.17) is 5.11 Å². The maximum atomic E-state index is 12.1. The van der Waals surface area contributed by atoms with E-state index < -0.39 is 5.97 Å². The number of amides is 1. The fourth-order valence-corrected chi connectivity index (χ4v) is 1.88. The zero-order chi connectivity index (χ0) is 15.8. The molecule has 0 spiro atoms. The Kier molecular flexibility index (Phi) is 6.66. The van der Waals surface area contributed by atoms with Gasteiger partial charge in [-0.2, -0.15) is 0 Å². The van der Waals surface area contributed by atoms with Crippen LogP contribution in [0, 0.1) is 5.92 Å². The van der Waals surface area contributed by atoms with Gasteiger partial charge >= 0.3 is 5.97 Å². The second kappa shape index (κ2) is 8.25. The summed E-state index contributed by atoms with van der Waals surface area (Å²) in [5.41, 5.74) is 1.33. The molecule has 1 amide bonds. The lowest BCUT2D eigenvalue weighted by Crippen LogP contribution is -2.32. The van der Waals surface area contributed by atoms with Crippen LogP contribution in [-0.2, 0) is 4.79 Å². The first kappa shape index (κ1) is 17.0. The minimum absolute atomic E-state index is 0.0972. The number of carbonyl (C=O) groups excluding carboxylic acids is 1. The molecule has 0 saturated heterocycles. The molecule has 1 aromatic carbocycles. The van der Waals surface area contributed by atoms with E-state index in [-0.39, 0.29) is 11.9 Å². The minimum atomic E-state index is -0.990. The number of rotatable bonds is 7. The van der Waals surface area contributed by atoms with Crippen LogP contribution in [0.1, 0.15) is 49.5 Å². The summed E-state index contributed by atoms with van der Waals surface area (Å²) in [7, 11) is 0. The van der Waals surface area contributed by atoms with Crippen LogP contribution in [0.5, 0.6) is 0 Å². The largest absolute Gasteiger partial charge is 0.478 e. The molecule has 1 aromatic rings. The number of aliphatic carboxylic acids is 1. The molecule has 0 radical (unpaired) electrons. The standard InChI is InChI=1S/C17H23NO3/c1-12(2)4-5-13(3)18-17(21)15-9-6-14(7-10-15)8-11-16(19)20/h6-13H,4-5H2,1-3H3,(H,18,21)(H,19,20). The second-order valence-electron chi connectivity index (χ2n) is 5.64. The molecule has 2 N–H and O–H groups in total. The summed E-state index contributed by atoms with van der Waals surface area (Å²) in [6.45, 7) is 6.33. The zero-order valence-corrected chi connectivity index (χ0v) is 12.8. The monoisotopic (exact) mass is 289 g/mol. The molecule has 1 rings (SSSR count). The average Bonchev–Trinajstić information content (AvgIpc) is 2.43. The summed E-state index contributed by atoms with van der Waals surface area (Å²) < 4.78 is 0. The van der Waals surface area contributed by atoms with Crippen LogP contribution in [0.2, 0.25) is 0 Å². The smallest absolute Gasteiger partial charge is 0.328 e. The number of nitrogens with one attached hydrogen (secondary N) is 1. The van der Waals surface area contributed by atoms with E-state index in [0.717, 1.165) is 24.5 Å². The molecule has 0 aliphatic heterocycles. The number of hydrogen-bond acceptors (Lipinski definition) is 2. The Hall–Kier alpha value is -2.10. The summed E-state index contributed by atoms with van der Waals surface area (Å²) in [5, 5.41) is 11.5. The third-order valence-corrected chi connectivity index (χ3v) is 3.15. The number of carboxylic acid groups (broad SMARTS) is 1. The highest BCUT2D eigenvalue weighted by Gasteiger charge is 2.10. The topological polar surface area (TPSA) is 66.4 Å². The third-order valence-electron chi connectivity index (χ3n) is 3.15. The van der Waals surface area contributed by atoms with Gasteiger partial charge in [0.2, 0.25) is 0 Å². The third kappa shape index (κ3) is 6.75. The Bertz CT molecular complexity index is 503. The highest BCUT2D eigenvalue weighted by molar-refractivity contribution is 5.94. The molecule has 0 saturated carbocycles. The number of benzene rings is 1. The van der Waals surface area contributed by atoms with Crippen LogP contribution in [-0.4, -0.2) is 23.0 Å². The van der Waals surface area contributed by atoms with Crippen molar-refractivity contribution in [2.75, 3.05) is 0 Å². The predicted octanol–water partition coefficient (Wildman–Crippen LogP) is 3.34. The normalized spacial score (nSPS) is 12.6. The Labute approximate surface area is 125 Å². The molecule has 4 heteroatoms. The van der Waals surface area contributed by atoms with Gasteiger partial charge in [0.05, 0.1) is 0 Å². The van der Waals surface area contributed by atoms with Crippen molar-refractivity contribution >= 4 is 18.0 Å². The molecule has 0 heterocycles. The summed E-state index contributed by atoms with van der Waals surface area (Å²) in [4.78, 5) is 22.5. The van der Waals surface area contributed by atoms with Crippen molar-refractivity contribution in [3.05, 3.63) is 41.5 Å². The molecule has 114 valence electrons. The van der Waals surface area contributed by atoms with Crippen LogP contribution >= 0.6 is 0 Å². The van der Waals surface area contributed by atoms with Gasteiger partial charge in [0.25, 0.3) is 5.91 Å². The van der Waals surface area contributed by atoms with Crippen molar-refractivity contribution in [1.29, 1.82) is 0 Å². The fraction of sp³-hybridized carbons (Fsp3) is 0.412. The van der Waals surface area contributed by atoms with Crippen molar-refractivity contribution in [2.45, 2.75) is 39.7 Å². The maximum absolute atomic E-state index is 12.1. The van der Waals surface area contributed by atoms with E-state index in [1.807, 2.05) is 6.92 Å². The first-order valence-electron chi connectivity index (χ1n) is 7.20. The van der Waals surface area contributed by atoms with Crippen LogP contribution < -0.4 is 5.32 Å². The van der Waals surface area contributed by atoms with E-state index >= 15 is 0 Å². The summed E-state index contributed by atoms with van der Waals surface area (Å²) in [6, 6.07) is 7.00. The average molecular weight is 289 g/mol. The molecule has 21 heavy (non-hydrogen) atoms. The molecule has 0 aromatic heterocycles. The quantitative estimate of drug-likeness (QED) is 0.757. The number of carbonyl (C=O) groups is 2. The van der Waals surface area contributed by atoms with Crippen molar-refractivity contribution in [1.82, 2.24) is 5.32 Å². The van der Waals surface area contributed by atoms with Crippen molar-refractivity contribution < 1.29 is 14.7 Å². The van der Waals surface area contributed by atoms with Gasteiger partial charge < -0.3 is 10.4 Å². The Morgan fingerprint density at radius 2 is 1.76 bits per heavy atom. The molecule has 1 unspecified atom stereocenters. The lowest BCUT2D eigenvalue weighted by molar-refractivity contribution is -0.131. The van der Waals surface area contributed by atoms with E-state index in [1.165, 1.54) is 6.08 Å². The zero-order valence-electron chi connectivity index (χ0n) is 12.8. The van der Waals surface area contributed by atoms with Crippen molar-refractivity contribution in [2.24, 2.45) is 5.92 Å². The highest BCUT2D eigenvalue weighted by Crippen LogP contribution is 2.09. The molecular weight excluding hydrogens is 266 g/mol. The number of carboxylic acids is 1. The molecule has 0 aliphatic carbocycles. The van der Waals surface area contributed by atoms with E-state index in [1.54, 1.807) is 24.3 Å². The lowest BCUT2D eigenvalue weighted by atomic mass is 10.0. The van der Waals surface area contributed by atoms with Crippen LogP contribution in [0.3, 0.4) is 0 Å². The molecule has 1 atom stereocenters.